The molecule has 0 amide bonds. The minimum atomic E-state index is -0.918. The first-order valence-corrected chi connectivity index (χ1v) is 5.97. The van der Waals surface area contributed by atoms with Crippen molar-refractivity contribution in [1.82, 2.24) is 0 Å². The average molecular weight is 240 g/mol. The van der Waals surface area contributed by atoms with Gasteiger partial charge in [0.1, 0.15) is 11.7 Å². The standard InChI is InChI=1S/C15H16N2O/c1-11(2)8-14(18)15(13(9-16)10-17)12-6-4-3-5-7-12/h3-7,11,13,15H,8H2,1-2H3. The van der Waals surface area contributed by atoms with Gasteiger partial charge in [-0.3, -0.25) is 4.79 Å². The first-order valence-electron chi connectivity index (χ1n) is 5.97. The second-order valence-electron chi connectivity index (χ2n) is 4.69. The molecule has 0 radical (unpaired) electrons. The van der Waals surface area contributed by atoms with Crippen LogP contribution in [0.2, 0.25) is 0 Å². The number of hydrogen-bond donors (Lipinski definition) is 0. The summed E-state index contributed by atoms with van der Waals surface area (Å²) in [6.07, 6.45) is 0.388. The van der Waals surface area contributed by atoms with Gasteiger partial charge in [-0.15, -0.1) is 0 Å². The van der Waals surface area contributed by atoms with Gasteiger partial charge in [0, 0.05) is 6.42 Å². The highest BCUT2D eigenvalue weighted by Gasteiger charge is 2.29. The van der Waals surface area contributed by atoms with Crippen LogP contribution in [-0.2, 0) is 4.79 Å². The van der Waals surface area contributed by atoms with Crippen LogP contribution >= 0.6 is 0 Å². The van der Waals surface area contributed by atoms with E-state index in [-0.39, 0.29) is 11.7 Å². The van der Waals surface area contributed by atoms with E-state index in [0.717, 1.165) is 5.56 Å². The SMILES string of the molecule is CC(C)CC(=O)C(c1ccccc1)C(C#N)C#N. The third kappa shape index (κ3) is 3.43. The van der Waals surface area contributed by atoms with Gasteiger partial charge in [0.15, 0.2) is 0 Å². The number of ketones is 1. The summed E-state index contributed by atoms with van der Waals surface area (Å²) in [6.45, 7) is 3.90. The van der Waals surface area contributed by atoms with Gasteiger partial charge in [-0.1, -0.05) is 44.2 Å². The maximum atomic E-state index is 12.2. The molecule has 0 aromatic heterocycles. The van der Waals surface area contributed by atoms with Gasteiger partial charge in [-0.05, 0) is 11.5 Å². The van der Waals surface area contributed by atoms with E-state index in [1.165, 1.54) is 0 Å². The van der Waals surface area contributed by atoms with Crippen molar-refractivity contribution in [3.63, 3.8) is 0 Å². The molecular formula is C15H16N2O. The van der Waals surface area contributed by atoms with E-state index in [1.807, 2.05) is 44.2 Å². The Morgan fingerprint density at radius 2 is 1.72 bits per heavy atom. The monoisotopic (exact) mass is 240 g/mol. The lowest BCUT2D eigenvalue weighted by atomic mass is 9.82. The Morgan fingerprint density at radius 1 is 1.17 bits per heavy atom. The normalized spacial score (nSPS) is 11.9. The van der Waals surface area contributed by atoms with Gasteiger partial charge < -0.3 is 0 Å². The van der Waals surface area contributed by atoms with Gasteiger partial charge in [-0.25, -0.2) is 0 Å². The zero-order chi connectivity index (χ0) is 13.5. The Kier molecular flexibility index (Phi) is 5.08. The molecule has 92 valence electrons. The maximum absolute atomic E-state index is 12.2. The number of carbonyl (C=O) groups excluding carboxylic acids is 1. The molecule has 0 N–H and O–H groups in total. The van der Waals surface area contributed by atoms with E-state index in [0.29, 0.717) is 6.42 Å². The molecule has 0 bridgehead atoms. The lowest BCUT2D eigenvalue weighted by Crippen LogP contribution is -2.21. The van der Waals surface area contributed by atoms with Crippen molar-refractivity contribution in [2.45, 2.75) is 26.2 Å². The number of nitriles is 2. The second kappa shape index (κ2) is 6.57. The van der Waals surface area contributed by atoms with Crippen molar-refractivity contribution in [3.05, 3.63) is 35.9 Å². The Bertz CT molecular complexity index is 465. The summed E-state index contributed by atoms with van der Waals surface area (Å²) in [5.41, 5.74) is 0.747. The zero-order valence-corrected chi connectivity index (χ0v) is 10.6. The van der Waals surface area contributed by atoms with Crippen molar-refractivity contribution in [3.8, 4) is 12.1 Å². The molecule has 0 saturated heterocycles. The van der Waals surface area contributed by atoms with E-state index in [4.69, 9.17) is 10.5 Å². The van der Waals surface area contributed by atoms with Gasteiger partial charge in [0.25, 0.3) is 0 Å². The summed E-state index contributed by atoms with van der Waals surface area (Å²) >= 11 is 0. The molecule has 0 heterocycles. The van der Waals surface area contributed by atoms with E-state index in [2.05, 4.69) is 0 Å². The van der Waals surface area contributed by atoms with Crippen LogP contribution in [0.4, 0.5) is 0 Å². The third-order valence-electron chi connectivity index (χ3n) is 2.73. The molecule has 0 aliphatic rings. The summed E-state index contributed by atoms with van der Waals surface area (Å²) in [7, 11) is 0. The second-order valence-corrected chi connectivity index (χ2v) is 4.69. The minimum absolute atomic E-state index is 0.0377. The van der Waals surface area contributed by atoms with Crippen LogP contribution in [0.15, 0.2) is 30.3 Å². The van der Waals surface area contributed by atoms with E-state index >= 15 is 0 Å². The van der Waals surface area contributed by atoms with Crippen LogP contribution in [0.5, 0.6) is 0 Å². The molecule has 1 rings (SSSR count). The zero-order valence-electron chi connectivity index (χ0n) is 10.6. The molecule has 3 heteroatoms. The molecule has 3 nitrogen and oxygen atoms in total. The molecule has 1 atom stereocenters. The van der Waals surface area contributed by atoms with Crippen LogP contribution in [0.3, 0.4) is 0 Å². The van der Waals surface area contributed by atoms with Gasteiger partial charge in [0.05, 0.1) is 18.1 Å². The Labute approximate surface area is 108 Å². The molecule has 0 aliphatic carbocycles. The third-order valence-corrected chi connectivity index (χ3v) is 2.73. The Balaban J connectivity index is 3.08. The Morgan fingerprint density at radius 3 is 2.17 bits per heavy atom. The molecule has 1 aromatic rings. The molecule has 0 aliphatic heterocycles. The number of nitrogens with zero attached hydrogens (tertiary/aromatic N) is 2. The maximum Gasteiger partial charge on any atom is 0.147 e. The molecule has 18 heavy (non-hydrogen) atoms. The first kappa shape index (κ1) is 13.9. The van der Waals surface area contributed by atoms with Gasteiger partial charge in [0.2, 0.25) is 0 Å². The molecular weight excluding hydrogens is 224 g/mol. The highest BCUT2D eigenvalue weighted by atomic mass is 16.1. The van der Waals surface area contributed by atoms with Crippen molar-refractivity contribution in [2.75, 3.05) is 0 Å². The predicted octanol–water partition coefficient (Wildman–Crippen LogP) is 3.05. The number of Topliss-reactive ketones (excluding diaryl/α,β-unsaturated/α-hetero) is 1. The van der Waals surface area contributed by atoms with Crippen LogP contribution in [0, 0.1) is 34.5 Å². The fourth-order valence-electron chi connectivity index (χ4n) is 1.93. The van der Waals surface area contributed by atoms with Crippen LogP contribution in [0.25, 0.3) is 0 Å². The summed E-state index contributed by atoms with van der Waals surface area (Å²) in [5.74, 6) is -1.37. The van der Waals surface area contributed by atoms with Crippen molar-refractivity contribution in [2.24, 2.45) is 11.8 Å². The van der Waals surface area contributed by atoms with Crippen LogP contribution < -0.4 is 0 Å². The van der Waals surface area contributed by atoms with Crippen molar-refractivity contribution >= 4 is 5.78 Å². The van der Waals surface area contributed by atoms with E-state index in [9.17, 15) is 4.79 Å². The Hall–Kier alpha value is -2.13. The quantitative estimate of drug-likeness (QED) is 0.794. The van der Waals surface area contributed by atoms with Gasteiger partial charge in [-0.2, -0.15) is 10.5 Å². The molecule has 1 unspecified atom stereocenters. The summed E-state index contributed by atoms with van der Waals surface area (Å²) < 4.78 is 0. The summed E-state index contributed by atoms with van der Waals surface area (Å²) in [6, 6.07) is 12.9. The summed E-state index contributed by atoms with van der Waals surface area (Å²) in [4.78, 5) is 12.2. The topological polar surface area (TPSA) is 64.7 Å². The van der Waals surface area contributed by atoms with Crippen LogP contribution in [0.1, 0.15) is 31.7 Å². The van der Waals surface area contributed by atoms with E-state index in [1.54, 1.807) is 12.1 Å². The average Bonchev–Trinajstić information content (AvgIpc) is 2.35. The van der Waals surface area contributed by atoms with Crippen molar-refractivity contribution < 1.29 is 4.79 Å². The smallest absolute Gasteiger partial charge is 0.147 e. The van der Waals surface area contributed by atoms with Crippen LogP contribution in [-0.4, -0.2) is 5.78 Å². The minimum Gasteiger partial charge on any atom is -0.299 e. The first-order chi connectivity index (χ1) is 8.60. The largest absolute Gasteiger partial charge is 0.299 e. The number of carbonyl (C=O) groups is 1. The van der Waals surface area contributed by atoms with E-state index < -0.39 is 11.8 Å². The lowest BCUT2D eigenvalue weighted by Gasteiger charge is -2.17. The molecule has 0 saturated carbocycles. The number of rotatable bonds is 5. The highest BCUT2D eigenvalue weighted by Crippen LogP contribution is 2.27. The molecule has 0 spiro atoms. The predicted molar refractivity (Wildman–Crippen MR) is 68.4 cm³/mol. The number of benzene rings is 1. The number of hydrogen-bond acceptors (Lipinski definition) is 3. The molecule has 1 aromatic carbocycles. The lowest BCUT2D eigenvalue weighted by molar-refractivity contribution is -0.121. The summed E-state index contributed by atoms with van der Waals surface area (Å²) in [5, 5.41) is 18.0. The fraction of sp³-hybridized carbons (Fsp3) is 0.400. The molecule has 0 fully saturated rings. The fourth-order valence-corrected chi connectivity index (χ4v) is 1.93. The highest BCUT2D eigenvalue weighted by molar-refractivity contribution is 5.87. The van der Waals surface area contributed by atoms with Gasteiger partial charge >= 0.3 is 0 Å². The van der Waals surface area contributed by atoms with Crippen molar-refractivity contribution in [1.29, 1.82) is 10.5 Å².